The van der Waals surface area contributed by atoms with Crippen molar-refractivity contribution in [2.75, 3.05) is 13.2 Å². The number of rotatable bonds is 6. The van der Waals surface area contributed by atoms with Crippen molar-refractivity contribution in [3.63, 3.8) is 0 Å². The topological polar surface area (TPSA) is 88.4 Å². The number of esters is 1. The van der Waals surface area contributed by atoms with E-state index in [9.17, 15) is 15.0 Å². The van der Waals surface area contributed by atoms with Gasteiger partial charge in [-0.1, -0.05) is 36.0 Å². The van der Waals surface area contributed by atoms with Gasteiger partial charge in [0.2, 0.25) is 0 Å². The fraction of sp³-hybridized carbons (Fsp3) is 0.217. The van der Waals surface area contributed by atoms with Gasteiger partial charge in [0.1, 0.15) is 16.4 Å². The number of aryl methyl sites for hydroxylation is 1. The molecule has 1 aliphatic rings. The zero-order chi connectivity index (χ0) is 21.7. The predicted molar refractivity (Wildman–Crippen MR) is 119 cm³/mol. The molecule has 0 aliphatic carbocycles. The fourth-order valence-electron chi connectivity index (χ4n) is 2.88. The van der Waals surface area contributed by atoms with Gasteiger partial charge >= 0.3 is 5.97 Å². The summed E-state index contributed by atoms with van der Waals surface area (Å²) in [7, 11) is 0. The molecule has 0 saturated heterocycles. The normalized spacial score (nSPS) is 16.4. The number of aliphatic imine (C=N–C) groups is 1. The monoisotopic (exact) mass is 425 g/mol. The molecule has 156 valence electrons. The Bertz CT molecular complexity index is 1060. The predicted octanol–water partition coefficient (Wildman–Crippen LogP) is 5.29. The van der Waals surface area contributed by atoms with E-state index in [1.54, 1.807) is 31.2 Å². The van der Waals surface area contributed by atoms with E-state index in [1.165, 1.54) is 0 Å². The molecule has 2 aromatic rings. The lowest BCUT2D eigenvalue weighted by atomic mass is 10.1. The van der Waals surface area contributed by atoms with E-state index in [1.807, 2.05) is 38.1 Å². The summed E-state index contributed by atoms with van der Waals surface area (Å²) in [5, 5.41) is 21.6. The van der Waals surface area contributed by atoms with Gasteiger partial charge in [0.05, 0.1) is 23.8 Å². The molecule has 0 fully saturated rings. The number of phenols is 1. The van der Waals surface area contributed by atoms with E-state index in [0.29, 0.717) is 33.6 Å². The molecule has 0 aromatic heterocycles. The van der Waals surface area contributed by atoms with Gasteiger partial charge in [0.15, 0.2) is 11.5 Å². The highest BCUT2D eigenvalue weighted by Crippen LogP contribution is 2.42. The molecule has 2 N–H and O–H groups in total. The largest absolute Gasteiger partial charge is 0.506 e. The van der Waals surface area contributed by atoms with Crippen LogP contribution in [0.1, 0.15) is 25.0 Å². The maximum Gasteiger partial charge on any atom is 0.344 e. The highest BCUT2D eigenvalue weighted by atomic mass is 32.2. The number of aliphatic hydroxyl groups is 1. The average molecular weight is 426 g/mol. The molecular weight excluding hydrogens is 402 g/mol. The third kappa shape index (κ3) is 4.68. The van der Waals surface area contributed by atoms with Crippen LogP contribution in [0.3, 0.4) is 0 Å². The Morgan fingerprint density at radius 1 is 1.13 bits per heavy atom. The second-order valence-electron chi connectivity index (χ2n) is 6.44. The van der Waals surface area contributed by atoms with Crippen molar-refractivity contribution in [2.24, 2.45) is 4.99 Å². The first-order chi connectivity index (χ1) is 14.4. The fourth-order valence-corrected chi connectivity index (χ4v) is 3.90. The molecule has 1 aliphatic heterocycles. The standard InChI is InChI=1S/C23H23NO5S/c1-4-28-17-11-7-9-15(20(17)25)13-18-21(26)19(23(27)29-5-2)22(30-18)24-16-10-6-8-14(3)12-16/h6-13,25-26H,4-5H2,1-3H3. The summed E-state index contributed by atoms with van der Waals surface area (Å²) < 4.78 is 10.5. The van der Waals surface area contributed by atoms with Gasteiger partial charge in [-0.25, -0.2) is 9.79 Å². The first-order valence-electron chi connectivity index (χ1n) is 9.55. The zero-order valence-corrected chi connectivity index (χ0v) is 17.8. The van der Waals surface area contributed by atoms with Crippen molar-refractivity contribution in [2.45, 2.75) is 20.8 Å². The van der Waals surface area contributed by atoms with E-state index in [0.717, 1.165) is 17.3 Å². The van der Waals surface area contributed by atoms with Crippen LogP contribution in [-0.4, -0.2) is 34.4 Å². The molecule has 0 amide bonds. The quantitative estimate of drug-likeness (QED) is 0.611. The zero-order valence-electron chi connectivity index (χ0n) is 17.0. The third-order valence-electron chi connectivity index (χ3n) is 4.22. The van der Waals surface area contributed by atoms with Crippen LogP contribution >= 0.6 is 11.8 Å². The van der Waals surface area contributed by atoms with Crippen molar-refractivity contribution in [1.29, 1.82) is 0 Å². The molecule has 2 aromatic carbocycles. The maximum absolute atomic E-state index is 12.5. The second-order valence-corrected chi connectivity index (χ2v) is 7.47. The Morgan fingerprint density at radius 3 is 2.60 bits per heavy atom. The lowest BCUT2D eigenvalue weighted by Crippen LogP contribution is -2.12. The summed E-state index contributed by atoms with van der Waals surface area (Å²) in [6, 6.07) is 12.6. The number of hydrogen-bond donors (Lipinski definition) is 2. The Hall–Kier alpha value is -3.19. The Kier molecular flexibility index (Phi) is 6.84. The van der Waals surface area contributed by atoms with Crippen molar-refractivity contribution < 1.29 is 24.5 Å². The lowest BCUT2D eigenvalue weighted by Gasteiger charge is -2.08. The molecule has 30 heavy (non-hydrogen) atoms. The number of aliphatic hydroxyl groups excluding tert-OH is 1. The van der Waals surface area contributed by atoms with Crippen molar-refractivity contribution in [3.8, 4) is 11.5 Å². The Morgan fingerprint density at radius 2 is 1.90 bits per heavy atom. The summed E-state index contributed by atoms with van der Waals surface area (Å²) >= 11 is 1.14. The average Bonchev–Trinajstić information content (AvgIpc) is 3.00. The van der Waals surface area contributed by atoms with E-state index in [2.05, 4.69) is 4.99 Å². The van der Waals surface area contributed by atoms with Crippen LogP contribution in [0.2, 0.25) is 0 Å². The smallest absolute Gasteiger partial charge is 0.344 e. The molecule has 0 unspecified atom stereocenters. The number of ether oxygens (including phenoxy) is 2. The number of aromatic hydroxyl groups is 1. The molecule has 0 spiro atoms. The van der Waals surface area contributed by atoms with Crippen LogP contribution in [0.15, 0.2) is 63.7 Å². The van der Waals surface area contributed by atoms with Crippen molar-refractivity contribution >= 4 is 34.5 Å². The molecule has 3 rings (SSSR count). The molecule has 0 saturated carbocycles. The van der Waals surface area contributed by atoms with Crippen LogP contribution in [0, 0.1) is 6.92 Å². The van der Waals surface area contributed by atoms with E-state index in [-0.39, 0.29) is 23.7 Å². The second kappa shape index (κ2) is 9.54. The summed E-state index contributed by atoms with van der Waals surface area (Å²) in [5.74, 6) is -0.574. The summed E-state index contributed by atoms with van der Waals surface area (Å²) in [6.07, 6.45) is 1.59. The van der Waals surface area contributed by atoms with Gasteiger partial charge < -0.3 is 19.7 Å². The highest BCUT2D eigenvalue weighted by Gasteiger charge is 2.33. The number of carbonyl (C=O) groups is 1. The maximum atomic E-state index is 12.5. The Labute approximate surface area is 179 Å². The van der Waals surface area contributed by atoms with Gasteiger partial charge in [-0.15, -0.1) is 0 Å². The van der Waals surface area contributed by atoms with Crippen LogP contribution < -0.4 is 4.74 Å². The molecule has 0 radical (unpaired) electrons. The molecule has 0 bridgehead atoms. The van der Waals surface area contributed by atoms with Crippen LogP contribution in [0.5, 0.6) is 11.5 Å². The molecule has 0 atom stereocenters. The lowest BCUT2D eigenvalue weighted by molar-refractivity contribution is -0.138. The number of hydrogen-bond acceptors (Lipinski definition) is 7. The van der Waals surface area contributed by atoms with E-state index in [4.69, 9.17) is 9.47 Å². The molecular formula is C23H23NO5S. The number of para-hydroxylation sites is 1. The number of benzene rings is 2. The van der Waals surface area contributed by atoms with Crippen molar-refractivity contribution in [3.05, 3.63) is 69.8 Å². The number of nitrogens with zero attached hydrogens (tertiary/aromatic N) is 1. The minimum Gasteiger partial charge on any atom is -0.506 e. The molecule has 6 nitrogen and oxygen atoms in total. The van der Waals surface area contributed by atoms with Crippen LogP contribution in [0.25, 0.3) is 6.08 Å². The first-order valence-corrected chi connectivity index (χ1v) is 10.4. The van der Waals surface area contributed by atoms with Gasteiger partial charge in [-0.05, 0) is 50.6 Å². The summed E-state index contributed by atoms with van der Waals surface area (Å²) in [5.41, 5.74) is 2.15. The first kappa shape index (κ1) is 21.5. The Balaban J connectivity index is 2.06. The minimum atomic E-state index is -0.649. The minimum absolute atomic E-state index is 0.00931. The highest BCUT2D eigenvalue weighted by molar-refractivity contribution is 8.18. The van der Waals surface area contributed by atoms with Crippen molar-refractivity contribution in [1.82, 2.24) is 0 Å². The van der Waals surface area contributed by atoms with Gasteiger partial charge in [0, 0.05) is 5.56 Å². The number of carbonyl (C=O) groups excluding carboxylic acids is 1. The molecule has 7 heteroatoms. The van der Waals surface area contributed by atoms with Gasteiger partial charge in [-0.2, -0.15) is 0 Å². The SMILES string of the molecule is CCOC(=O)C1=C(O)C(=Cc2cccc(OCC)c2O)SC1=Nc1cccc(C)c1. The summed E-state index contributed by atoms with van der Waals surface area (Å²) in [6.45, 7) is 6.06. The van der Waals surface area contributed by atoms with Crippen LogP contribution in [0.4, 0.5) is 5.69 Å². The van der Waals surface area contributed by atoms with Crippen LogP contribution in [-0.2, 0) is 9.53 Å². The number of phenolic OH excluding ortho intramolecular Hbond substituents is 1. The van der Waals surface area contributed by atoms with Gasteiger partial charge in [0.25, 0.3) is 0 Å². The number of thioether (sulfide) groups is 1. The summed E-state index contributed by atoms with van der Waals surface area (Å²) in [4.78, 5) is 17.4. The molecule has 1 heterocycles. The van der Waals surface area contributed by atoms with E-state index >= 15 is 0 Å². The van der Waals surface area contributed by atoms with Gasteiger partial charge in [-0.3, -0.25) is 0 Å². The van der Waals surface area contributed by atoms with E-state index < -0.39 is 5.97 Å². The third-order valence-corrected chi connectivity index (χ3v) is 5.24.